The van der Waals surface area contributed by atoms with Crippen LogP contribution in [0.1, 0.15) is 17.5 Å². The Labute approximate surface area is 181 Å². The fourth-order valence-corrected chi connectivity index (χ4v) is 3.88. The summed E-state index contributed by atoms with van der Waals surface area (Å²) < 4.78 is 18.4. The molecule has 1 fully saturated rings. The maximum absolute atomic E-state index is 13.1. The Balaban J connectivity index is 1.32. The highest BCUT2D eigenvalue weighted by Crippen LogP contribution is 2.25. The number of nitrogens with one attached hydrogen (secondary N) is 1. The van der Waals surface area contributed by atoms with Crippen molar-refractivity contribution in [2.45, 2.75) is 19.4 Å². The van der Waals surface area contributed by atoms with Gasteiger partial charge >= 0.3 is 0 Å². The van der Waals surface area contributed by atoms with Crippen molar-refractivity contribution < 1.29 is 23.3 Å². The van der Waals surface area contributed by atoms with Crippen LogP contribution in [0.2, 0.25) is 0 Å². The number of imide groups is 1. The van der Waals surface area contributed by atoms with E-state index in [2.05, 4.69) is 10.5 Å². The van der Waals surface area contributed by atoms with Crippen LogP contribution in [-0.2, 0) is 22.6 Å². The van der Waals surface area contributed by atoms with Gasteiger partial charge < -0.3 is 9.84 Å². The first-order valence-electron chi connectivity index (χ1n) is 9.55. The second-order valence-corrected chi connectivity index (χ2v) is 7.89. The minimum atomic E-state index is -0.340. The van der Waals surface area contributed by atoms with Crippen molar-refractivity contribution in [3.63, 3.8) is 0 Å². The molecule has 3 amide bonds. The lowest BCUT2D eigenvalue weighted by atomic mass is 10.1. The number of amides is 3. The molecule has 31 heavy (non-hydrogen) atoms. The summed E-state index contributed by atoms with van der Waals surface area (Å²) in [5.41, 5.74) is 2.87. The first-order chi connectivity index (χ1) is 15.0. The van der Waals surface area contributed by atoms with Gasteiger partial charge in [0.1, 0.15) is 5.82 Å². The van der Waals surface area contributed by atoms with E-state index in [4.69, 9.17) is 4.52 Å². The molecule has 2 aromatic carbocycles. The fourth-order valence-electron chi connectivity index (χ4n) is 3.16. The van der Waals surface area contributed by atoms with Gasteiger partial charge in [0.25, 0.3) is 5.24 Å². The van der Waals surface area contributed by atoms with Crippen LogP contribution in [0, 0.1) is 5.82 Å². The number of hydrogen-bond donors (Lipinski definition) is 1. The third kappa shape index (κ3) is 5.00. The molecule has 0 saturated carbocycles. The molecular weight excluding hydrogens is 421 g/mol. The van der Waals surface area contributed by atoms with E-state index < -0.39 is 0 Å². The Bertz CT molecular complexity index is 1100. The van der Waals surface area contributed by atoms with Gasteiger partial charge in [-0.2, -0.15) is 0 Å². The average Bonchev–Trinajstić information content (AvgIpc) is 3.36. The Morgan fingerprint density at radius 2 is 1.87 bits per heavy atom. The van der Waals surface area contributed by atoms with E-state index in [1.807, 2.05) is 0 Å². The number of benzene rings is 2. The monoisotopic (exact) mass is 439 g/mol. The lowest BCUT2D eigenvalue weighted by Crippen LogP contribution is -2.27. The SMILES string of the molecule is O=C(CCc1cnoc1-c1ccc(F)cc1)Nc1ccc(CN2C(=O)CSC2=O)cc1. The predicted octanol–water partition coefficient (Wildman–Crippen LogP) is 4.25. The highest BCUT2D eigenvalue weighted by molar-refractivity contribution is 8.14. The predicted molar refractivity (Wildman–Crippen MR) is 114 cm³/mol. The van der Waals surface area contributed by atoms with Gasteiger partial charge in [0.05, 0.1) is 18.5 Å². The highest BCUT2D eigenvalue weighted by Gasteiger charge is 2.29. The van der Waals surface area contributed by atoms with E-state index in [9.17, 15) is 18.8 Å². The van der Waals surface area contributed by atoms with Crippen LogP contribution in [-0.4, -0.2) is 32.9 Å². The molecule has 7 nitrogen and oxygen atoms in total. The average molecular weight is 439 g/mol. The zero-order chi connectivity index (χ0) is 21.8. The Morgan fingerprint density at radius 1 is 1.13 bits per heavy atom. The van der Waals surface area contributed by atoms with Crippen LogP contribution < -0.4 is 5.32 Å². The molecule has 1 aliphatic rings. The summed E-state index contributed by atoms with van der Waals surface area (Å²) in [6.45, 7) is 0.221. The van der Waals surface area contributed by atoms with Gasteiger partial charge in [-0.25, -0.2) is 4.39 Å². The van der Waals surface area contributed by atoms with Gasteiger partial charge in [-0.15, -0.1) is 0 Å². The van der Waals surface area contributed by atoms with Gasteiger partial charge in [-0.05, 0) is 48.4 Å². The van der Waals surface area contributed by atoms with Gasteiger partial charge in [0.2, 0.25) is 11.8 Å². The second kappa shape index (κ2) is 9.13. The molecule has 3 aromatic rings. The summed E-state index contributed by atoms with van der Waals surface area (Å²) >= 11 is 1.00. The normalized spacial score (nSPS) is 13.6. The Morgan fingerprint density at radius 3 is 2.55 bits per heavy atom. The van der Waals surface area contributed by atoms with Crippen molar-refractivity contribution in [3.8, 4) is 11.3 Å². The molecule has 0 bridgehead atoms. The number of carbonyl (C=O) groups excluding carboxylic acids is 3. The minimum Gasteiger partial charge on any atom is -0.356 e. The van der Waals surface area contributed by atoms with E-state index in [1.165, 1.54) is 17.0 Å². The van der Waals surface area contributed by atoms with E-state index in [0.29, 0.717) is 23.4 Å². The molecule has 0 aliphatic carbocycles. The molecule has 0 unspecified atom stereocenters. The number of thioether (sulfide) groups is 1. The van der Waals surface area contributed by atoms with Crippen molar-refractivity contribution in [1.82, 2.24) is 10.1 Å². The van der Waals surface area contributed by atoms with Gasteiger partial charge in [-0.3, -0.25) is 19.3 Å². The van der Waals surface area contributed by atoms with Gasteiger partial charge in [-0.1, -0.05) is 29.1 Å². The molecule has 0 radical (unpaired) electrons. The summed E-state index contributed by atoms with van der Waals surface area (Å²) in [6.07, 6.45) is 2.18. The van der Waals surface area contributed by atoms with Crippen LogP contribution in [0.15, 0.2) is 59.3 Å². The number of nitrogens with zero attached hydrogens (tertiary/aromatic N) is 2. The van der Waals surface area contributed by atoms with Crippen LogP contribution in [0.5, 0.6) is 0 Å². The first-order valence-corrected chi connectivity index (χ1v) is 10.5. The molecule has 2 heterocycles. The van der Waals surface area contributed by atoms with E-state index >= 15 is 0 Å². The van der Waals surface area contributed by atoms with E-state index in [1.54, 1.807) is 42.6 Å². The largest absolute Gasteiger partial charge is 0.356 e. The van der Waals surface area contributed by atoms with Crippen molar-refractivity contribution in [3.05, 3.63) is 71.7 Å². The molecule has 0 spiro atoms. The van der Waals surface area contributed by atoms with Crippen molar-refractivity contribution in [2.75, 3.05) is 11.1 Å². The van der Waals surface area contributed by atoms with Crippen LogP contribution in [0.25, 0.3) is 11.3 Å². The minimum absolute atomic E-state index is 0.180. The summed E-state index contributed by atoms with van der Waals surface area (Å²) in [5.74, 6) is -0.0161. The Kier molecular flexibility index (Phi) is 6.13. The number of rotatable bonds is 7. The topological polar surface area (TPSA) is 92.5 Å². The molecule has 1 N–H and O–H groups in total. The van der Waals surface area contributed by atoms with E-state index in [-0.39, 0.29) is 41.6 Å². The third-order valence-electron chi connectivity index (χ3n) is 4.79. The number of aryl methyl sites for hydroxylation is 1. The van der Waals surface area contributed by atoms with E-state index in [0.717, 1.165) is 22.9 Å². The van der Waals surface area contributed by atoms with Crippen molar-refractivity contribution in [2.24, 2.45) is 0 Å². The van der Waals surface area contributed by atoms with Gasteiger partial charge in [0, 0.05) is 23.2 Å². The lowest BCUT2D eigenvalue weighted by molar-refractivity contribution is -0.125. The summed E-state index contributed by atoms with van der Waals surface area (Å²) in [5, 5.41) is 6.37. The molecule has 1 aliphatic heterocycles. The number of carbonyl (C=O) groups is 3. The first kappa shape index (κ1) is 20.8. The van der Waals surface area contributed by atoms with Crippen molar-refractivity contribution >= 4 is 34.5 Å². The summed E-state index contributed by atoms with van der Waals surface area (Å²) in [7, 11) is 0. The second-order valence-electron chi connectivity index (χ2n) is 6.97. The number of anilines is 1. The zero-order valence-corrected chi connectivity index (χ0v) is 17.2. The number of halogens is 1. The number of aromatic nitrogens is 1. The van der Waals surface area contributed by atoms with Crippen molar-refractivity contribution in [1.29, 1.82) is 0 Å². The molecule has 4 rings (SSSR count). The molecule has 9 heteroatoms. The lowest BCUT2D eigenvalue weighted by Gasteiger charge is -2.13. The maximum atomic E-state index is 13.1. The summed E-state index contributed by atoms with van der Waals surface area (Å²) in [6, 6.07) is 12.9. The molecule has 1 saturated heterocycles. The molecule has 0 atom stereocenters. The fraction of sp³-hybridized carbons (Fsp3) is 0.182. The third-order valence-corrected chi connectivity index (χ3v) is 5.65. The summed E-state index contributed by atoms with van der Waals surface area (Å²) in [4.78, 5) is 36.9. The van der Waals surface area contributed by atoms with Crippen LogP contribution in [0.3, 0.4) is 0 Å². The van der Waals surface area contributed by atoms with Gasteiger partial charge in [0.15, 0.2) is 5.76 Å². The molecule has 1 aromatic heterocycles. The quantitative estimate of drug-likeness (QED) is 0.592. The zero-order valence-electron chi connectivity index (χ0n) is 16.3. The molecule has 158 valence electrons. The maximum Gasteiger partial charge on any atom is 0.289 e. The van der Waals surface area contributed by atoms with Crippen LogP contribution in [0.4, 0.5) is 14.9 Å². The van der Waals surface area contributed by atoms with Crippen LogP contribution >= 0.6 is 11.8 Å². The smallest absolute Gasteiger partial charge is 0.289 e. The highest BCUT2D eigenvalue weighted by atomic mass is 32.2. The standard InChI is InChI=1S/C22H18FN3O4S/c23-17-6-3-15(4-7-17)21-16(11-24-30-21)5-10-19(27)25-18-8-1-14(2-9-18)12-26-20(28)13-31-22(26)29/h1-4,6-9,11H,5,10,12-13H2,(H,25,27). The molecular formula is C22H18FN3O4S. The Hall–Kier alpha value is -3.46. The number of hydrogen-bond acceptors (Lipinski definition) is 6.